The molecule has 3 N–H and O–H groups in total. The minimum absolute atomic E-state index is 0.0220. The van der Waals surface area contributed by atoms with E-state index in [2.05, 4.69) is 15.5 Å². The van der Waals surface area contributed by atoms with Crippen LogP contribution in [0, 0.1) is 5.82 Å². The second-order valence-corrected chi connectivity index (χ2v) is 8.57. The molecule has 2 aliphatic heterocycles. The summed E-state index contributed by atoms with van der Waals surface area (Å²) in [5, 5.41) is 15.6. The number of ether oxygens (including phenoxy) is 1. The van der Waals surface area contributed by atoms with Crippen LogP contribution in [0.3, 0.4) is 0 Å². The number of fused-ring (bicyclic) bond motifs is 1. The fourth-order valence-electron chi connectivity index (χ4n) is 4.22. The summed E-state index contributed by atoms with van der Waals surface area (Å²) in [6.07, 6.45) is -1.72. The summed E-state index contributed by atoms with van der Waals surface area (Å²) in [7, 11) is 0. The number of carbonyl (C=O) groups is 3. The molecule has 2 aromatic carbocycles. The average molecular weight is 485 g/mol. The Bertz CT molecular complexity index is 1120. The van der Waals surface area contributed by atoms with Crippen molar-refractivity contribution in [3.63, 3.8) is 0 Å². The number of imide groups is 1. The minimum Gasteiger partial charge on any atom is -0.381 e. The number of amides is 3. The zero-order valence-corrected chi connectivity index (χ0v) is 19.6. The zero-order chi connectivity index (χ0) is 24.9. The van der Waals surface area contributed by atoms with Gasteiger partial charge in [0.25, 0.3) is 11.8 Å². The molecule has 4 rings (SSSR count). The van der Waals surface area contributed by atoms with E-state index in [4.69, 9.17) is 4.74 Å². The van der Waals surface area contributed by atoms with E-state index in [-0.39, 0.29) is 25.3 Å². The Balaban J connectivity index is 1.45. The molecule has 0 aliphatic carbocycles. The predicted octanol–water partition coefficient (Wildman–Crippen LogP) is 1.60. The number of nitrogens with one attached hydrogen (secondary N) is 2. The van der Waals surface area contributed by atoms with Crippen LogP contribution in [0.15, 0.2) is 36.4 Å². The Morgan fingerprint density at radius 3 is 2.71 bits per heavy atom. The molecule has 35 heavy (non-hydrogen) atoms. The number of rotatable bonds is 8. The van der Waals surface area contributed by atoms with Crippen LogP contribution < -0.4 is 10.6 Å². The number of anilines is 1. The average Bonchev–Trinajstić information content (AvgIpc) is 3.21. The largest absolute Gasteiger partial charge is 0.381 e. The molecule has 2 aromatic rings. The summed E-state index contributed by atoms with van der Waals surface area (Å²) in [5.41, 5.74) is 3.03. The fourth-order valence-corrected chi connectivity index (χ4v) is 4.22. The highest BCUT2D eigenvalue weighted by atomic mass is 19.1. The molecule has 9 nitrogen and oxygen atoms in total. The lowest BCUT2D eigenvalue weighted by Gasteiger charge is -2.26. The van der Waals surface area contributed by atoms with E-state index in [9.17, 15) is 23.9 Å². The monoisotopic (exact) mass is 484 g/mol. The standard InChI is InChI=1S/C25H29FN4O5/c1-2-22(31)28-23(32)25(34)30-15-19-18(24(30)33)4-3-5-21(19)27-13-17-12-16(6-7-20(17)26)14-29-8-10-35-11-9-29/h3-7,12,25,27,34H,2,8-11,13-15H2,1H3,(H,28,31,32). The molecule has 2 aliphatic rings. The van der Waals surface area contributed by atoms with Gasteiger partial charge in [0.1, 0.15) is 5.82 Å². The van der Waals surface area contributed by atoms with Crippen molar-refractivity contribution in [3.05, 3.63) is 64.5 Å². The van der Waals surface area contributed by atoms with E-state index >= 15 is 0 Å². The molecule has 0 aromatic heterocycles. The van der Waals surface area contributed by atoms with Gasteiger partial charge in [-0.1, -0.05) is 19.1 Å². The maximum Gasteiger partial charge on any atom is 0.276 e. The van der Waals surface area contributed by atoms with Gasteiger partial charge in [-0.3, -0.25) is 24.6 Å². The highest BCUT2D eigenvalue weighted by Gasteiger charge is 2.36. The third-order valence-corrected chi connectivity index (χ3v) is 6.20. The van der Waals surface area contributed by atoms with Crippen LogP contribution in [0.4, 0.5) is 10.1 Å². The Kier molecular flexibility index (Phi) is 7.74. The van der Waals surface area contributed by atoms with Crippen LogP contribution in [0.5, 0.6) is 0 Å². The Hall–Kier alpha value is -3.34. The number of hydrogen-bond donors (Lipinski definition) is 3. The van der Waals surface area contributed by atoms with Gasteiger partial charge in [0, 0.05) is 55.0 Å². The highest BCUT2D eigenvalue weighted by Crippen LogP contribution is 2.31. The molecule has 10 heteroatoms. The van der Waals surface area contributed by atoms with Gasteiger partial charge in [0.2, 0.25) is 12.1 Å². The molecule has 1 atom stereocenters. The summed E-state index contributed by atoms with van der Waals surface area (Å²) >= 11 is 0. The van der Waals surface area contributed by atoms with E-state index in [1.807, 2.05) is 6.07 Å². The van der Waals surface area contributed by atoms with Gasteiger partial charge in [-0.15, -0.1) is 0 Å². The highest BCUT2D eigenvalue weighted by molar-refractivity contribution is 6.04. The first-order valence-corrected chi connectivity index (χ1v) is 11.6. The van der Waals surface area contributed by atoms with Crippen LogP contribution in [0.25, 0.3) is 0 Å². The molecular weight excluding hydrogens is 455 g/mol. The summed E-state index contributed by atoms with van der Waals surface area (Å²) < 4.78 is 19.9. The van der Waals surface area contributed by atoms with E-state index < -0.39 is 23.9 Å². The predicted molar refractivity (Wildman–Crippen MR) is 126 cm³/mol. The summed E-state index contributed by atoms with van der Waals surface area (Å²) in [5.74, 6) is -2.35. The van der Waals surface area contributed by atoms with Gasteiger partial charge in [-0.2, -0.15) is 0 Å². The van der Waals surface area contributed by atoms with Gasteiger partial charge < -0.3 is 20.1 Å². The lowest BCUT2D eigenvalue weighted by molar-refractivity contribution is -0.141. The molecule has 186 valence electrons. The quantitative estimate of drug-likeness (QED) is 0.522. The van der Waals surface area contributed by atoms with Crippen LogP contribution in [0.1, 0.15) is 40.4 Å². The SMILES string of the molecule is CCC(=O)NC(=O)C(O)N1Cc2c(NCc3cc(CN4CCOCC4)ccc3F)cccc2C1=O. The summed E-state index contributed by atoms with van der Waals surface area (Å²) in [6, 6.07) is 10.1. The van der Waals surface area contributed by atoms with E-state index in [1.165, 1.54) is 6.07 Å². The lowest BCUT2D eigenvalue weighted by atomic mass is 10.1. The normalized spacial score (nSPS) is 16.7. The van der Waals surface area contributed by atoms with Crippen LogP contribution in [-0.2, 0) is 34.0 Å². The van der Waals surface area contributed by atoms with Crippen molar-refractivity contribution in [2.45, 2.75) is 39.2 Å². The Morgan fingerprint density at radius 1 is 1.20 bits per heavy atom. The van der Waals surface area contributed by atoms with Crippen molar-refractivity contribution in [2.24, 2.45) is 0 Å². The topological polar surface area (TPSA) is 111 Å². The number of benzene rings is 2. The van der Waals surface area contributed by atoms with Crippen LogP contribution in [-0.4, -0.2) is 65.2 Å². The van der Waals surface area contributed by atoms with Gasteiger partial charge in [0.05, 0.1) is 19.8 Å². The van der Waals surface area contributed by atoms with Crippen molar-refractivity contribution < 1.29 is 28.6 Å². The molecule has 2 heterocycles. The molecule has 1 fully saturated rings. The fraction of sp³-hybridized carbons (Fsp3) is 0.400. The van der Waals surface area contributed by atoms with Gasteiger partial charge >= 0.3 is 0 Å². The van der Waals surface area contributed by atoms with E-state index in [0.717, 1.165) is 23.6 Å². The maximum absolute atomic E-state index is 14.5. The zero-order valence-electron chi connectivity index (χ0n) is 19.6. The molecule has 1 unspecified atom stereocenters. The first kappa shape index (κ1) is 24.8. The second kappa shape index (κ2) is 10.9. The van der Waals surface area contributed by atoms with Crippen molar-refractivity contribution in [1.29, 1.82) is 0 Å². The number of aliphatic hydroxyl groups is 1. The molecule has 3 amide bonds. The third-order valence-electron chi connectivity index (χ3n) is 6.20. The van der Waals surface area contributed by atoms with Crippen molar-refractivity contribution >= 4 is 23.4 Å². The number of morpholine rings is 1. The number of nitrogens with zero attached hydrogens (tertiary/aromatic N) is 2. The van der Waals surface area contributed by atoms with Gasteiger partial charge in [-0.05, 0) is 29.8 Å². The smallest absolute Gasteiger partial charge is 0.276 e. The van der Waals surface area contributed by atoms with Crippen molar-refractivity contribution in [3.8, 4) is 0 Å². The molecule has 0 saturated carbocycles. The molecule has 0 radical (unpaired) electrons. The minimum atomic E-state index is -1.80. The first-order valence-electron chi connectivity index (χ1n) is 11.6. The van der Waals surface area contributed by atoms with E-state index in [1.54, 1.807) is 31.2 Å². The molecular formula is C25H29FN4O5. The lowest BCUT2D eigenvalue weighted by Crippen LogP contribution is -2.48. The van der Waals surface area contributed by atoms with Gasteiger partial charge in [-0.25, -0.2) is 4.39 Å². The number of halogens is 1. The molecule has 0 bridgehead atoms. The van der Waals surface area contributed by atoms with Crippen molar-refractivity contribution in [2.75, 3.05) is 31.6 Å². The van der Waals surface area contributed by atoms with Crippen molar-refractivity contribution in [1.82, 2.24) is 15.1 Å². The van der Waals surface area contributed by atoms with Gasteiger partial charge in [0.15, 0.2) is 0 Å². The number of aliphatic hydroxyl groups excluding tert-OH is 1. The summed E-state index contributed by atoms with van der Waals surface area (Å²) in [6.45, 7) is 5.51. The number of hydrogen-bond acceptors (Lipinski definition) is 7. The Morgan fingerprint density at radius 2 is 1.97 bits per heavy atom. The number of carbonyl (C=O) groups excluding carboxylic acids is 3. The Labute approximate surface area is 202 Å². The van der Waals surface area contributed by atoms with Crippen LogP contribution in [0.2, 0.25) is 0 Å². The second-order valence-electron chi connectivity index (χ2n) is 8.57. The third kappa shape index (κ3) is 5.67. The first-order chi connectivity index (χ1) is 16.9. The van der Waals surface area contributed by atoms with Crippen LogP contribution >= 0.6 is 0 Å². The van der Waals surface area contributed by atoms with E-state index in [0.29, 0.717) is 42.1 Å². The maximum atomic E-state index is 14.5. The molecule has 1 saturated heterocycles. The molecule has 0 spiro atoms. The summed E-state index contributed by atoms with van der Waals surface area (Å²) in [4.78, 5) is 39.7.